The van der Waals surface area contributed by atoms with E-state index in [1.165, 1.54) is 0 Å². The molecule has 94 valence electrons. The van der Waals surface area contributed by atoms with Crippen molar-refractivity contribution in [3.05, 3.63) is 34.9 Å². The number of hydrogen-bond acceptors (Lipinski definition) is 3. The normalized spacial score (nSPS) is 13.3. The number of carboxylic acid groups (broad SMARTS) is 1. The first-order valence-corrected chi connectivity index (χ1v) is 6.80. The molecule has 5 nitrogen and oxygen atoms in total. The van der Waals surface area contributed by atoms with E-state index in [0.717, 1.165) is 0 Å². The van der Waals surface area contributed by atoms with E-state index >= 15 is 0 Å². The van der Waals surface area contributed by atoms with Crippen molar-refractivity contribution in [2.45, 2.75) is 13.0 Å². The molecular formula is C10H12ClNO4S. The molecule has 17 heavy (non-hydrogen) atoms. The summed E-state index contributed by atoms with van der Waals surface area (Å²) >= 11 is 5.77. The first kappa shape index (κ1) is 14.0. The topological polar surface area (TPSA) is 83.5 Å². The van der Waals surface area contributed by atoms with Gasteiger partial charge in [-0.05, 0) is 24.6 Å². The highest BCUT2D eigenvalue weighted by Crippen LogP contribution is 2.17. The average Bonchev–Trinajstić information content (AvgIpc) is 2.14. The lowest BCUT2D eigenvalue weighted by Crippen LogP contribution is -2.32. The average molecular weight is 278 g/mol. The van der Waals surface area contributed by atoms with Crippen LogP contribution < -0.4 is 4.72 Å². The summed E-state index contributed by atoms with van der Waals surface area (Å²) in [5, 5.41) is 8.93. The van der Waals surface area contributed by atoms with Gasteiger partial charge in [-0.3, -0.25) is 4.79 Å². The predicted octanol–water partition coefficient (Wildman–Crippen LogP) is 1.40. The number of sulfonamides is 1. The van der Waals surface area contributed by atoms with Gasteiger partial charge in [-0.1, -0.05) is 23.7 Å². The number of carbonyl (C=O) groups is 1. The van der Waals surface area contributed by atoms with Gasteiger partial charge >= 0.3 is 5.97 Å². The molecule has 0 aliphatic carbocycles. The number of rotatable bonds is 5. The molecule has 0 fully saturated rings. The van der Waals surface area contributed by atoms with Crippen LogP contribution >= 0.6 is 11.6 Å². The fraction of sp³-hybridized carbons (Fsp3) is 0.300. The predicted molar refractivity (Wildman–Crippen MR) is 64.4 cm³/mol. The summed E-state index contributed by atoms with van der Waals surface area (Å²) in [6, 6.07) is 6.16. The summed E-state index contributed by atoms with van der Waals surface area (Å²) < 4.78 is 25.0. The third-order valence-corrected chi connectivity index (χ3v) is 3.59. The van der Waals surface area contributed by atoms with Gasteiger partial charge in [0.15, 0.2) is 5.75 Å². The number of carboxylic acids is 1. The molecule has 2 N–H and O–H groups in total. The summed E-state index contributed by atoms with van der Waals surface area (Å²) in [5.41, 5.74) is 0.673. The zero-order chi connectivity index (χ0) is 13.1. The summed E-state index contributed by atoms with van der Waals surface area (Å²) in [4.78, 5) is 10.3. The van der Waals surface area contributed by atoms with Crippen molar-refractivity contribution < 1.29 is 18.3 Å². The highest BCUT2D eigenvalue weighted by atomic mass is 35.5. The smallest absolute Gasteiger partial charge is 0.320 e. The molecule has 1 atom stereocenters. The van der Waals surface area contributed by atoms with Gasteiger partial charge in [-0.2, -0.15) is 0 Å². The minimum Gasteiger partial charge on any atom is -0.480 e. The molecule has 0 heterocycles. The van der Waals surface area contributed by atoms with Crippen LogP contribution in [0.5, 0.6) is 0 Å². The molecule has 0 aliphatic rings. The maximum atomic E-state index is 11.4. The molecule has 0 radical (unpaired) electrons. The number of aliphatic carboxylic acids is 1. The molecule has 0 spiro atoms. The molecule has 0 saturated heterocycles. The maximum Gasteiger partial charge on any atom is 0.320 e. The second-order valence-electron chi connectivity index (χ2n) is 3.55. The van der Waals surface area contributed by atoms with Crippen molar-refractivity contribution in [3.63, 3.8) is 0 Å². The number of nitrogens with one attached hydrogen (secondary N) is 1. The molecular weight excluding hydrogens is 266 g/mol. The number of halogens is 1. The van der Waals surface area contributed by atoms with Crippen LogP contribution in [0.1, 0.15) is 18.5 Å². The lowest BCUT2D eigenvalue weighted by atomic mass is 10.1. The molecule has 1 rings (SSSR count). The highest BCUT2D eigenvalue weighted by Gasteiger charge is 2.19. The van der Waals surface area contributed by atoms with E-state index in [2.05, 4.69) is 4.72 Å². The third-order valence-electron chi connectivity index (χ3n) is 2.02. The van der Waals surface area contributed by atoms with Gasteiger partial charge in [0.2, 0.25) is 10.0 Å². The van der Waals surface area contributed by atoms with Crippen molar-refractivity contribution in [1.82, 2.24) is 4.72 Å². The Kier molecular flexibility index (Phi) is 4.50. The summed E-state index contributed by atoms with van der Waals surface area (Å²) in [6.07, 6.45) is 0. The van der Waals surface area contributed by atoms with E-state index in [9.17, 15) is 13.2 Å². The molecule has 7 heteroatoms. The van der Waals surface area contributed by atoms with E-state index in [1.54, 1.807) is 31.2 Å². The molecule has 0 saturated carbocycles. The van der Waals surface area contributed by atoms with Crippen molar-refractivity contribution >= 4 is 27.6 Å². The molecule has 0 unspecified atom stereocenters. The lowest BCUT2D eigenvalue weighted by Gasteiger charge is -2.13. The van der Waals surface area contributed by atoms with Crippen LogP contribution in [0, 0.1) is 0 Å². The van der Waals surface area contributed by atoms with Crippen LogP contribution in [0.2, 0.25) is 5.02 Å². The van der Waals surface area contributed by atoms with Gasteiger partial charge in [-0.25, -0.2) is 13.1 Å². The van der Waals surface area contributed by atoms with E-state index in [4.69, 9.17) is 16.7 Å². The van der Waals surface area contributed by atoms with Crippen molar-refractivity contribution in [2.24, 2.45) is 0 Å². The Labute approximate surface area is 104 Å². The van der Waals surface area contributed by atoms with Gasteiger partial charge < -0.3 is 5.11 Å². The second kappa shape index (κ2) is 5.48. The molecule has 0 amide bonds. The quantitative estimate of drug-likeness (QED) is 0.852. The Morgan fingerprint density at radius 2 is 2.18 bits per heavy atom. The zero-order valence-corrected chi connectivity index (χ0v) is 10.6. The van der Waals surface area contributed by atoms with Crippen LogP contribution in [0.15, 0.2) is 24.3 Å². The molecule has 0 bridgehead atoms. The Balaban J connectivity index is 2.79. The van der Waals surface area contributed by atoms with E-state index in [-0.39, 0.29) is 0 Å². The summed E-state index contributed by atoms with van der Waals surface area (Å²) in [6.45, 7) is 1.62. The summed E-state index contributed by atoms with van der Waals surface area (Å²) in [7, 11) is -3.83. The van der Waals surface area contributed by atoms with Gasteiger partial charge in [0.25, 0.3) is 0 Å². The number of hydrogen-bond donors (Lipinski definition) is 2. The number of benzene rings is 1. The minimum atomic E-state index is -3.83. The van der Waals surface area contributed by atoms with E-state index < -0.39 is 27.8 Å². The van der Waals surface area contributed by atoms with Gasteiger partial charge in [0, 0.05) is 11.1 Å². The standard InChI is InChI=1S/C10H12ClNO4S/c1-7(8-3-2-4-9(11)5-8)12-17(15,16)6-10(13)14/h2-5,7,12H,6H2,1H3,(H,13,14)/t7-/m0/s1. The van der Waals surface area contributed by atoms with Gasteiger partial charge in [-0.15, -0.1) is 0 Å². The highest BCUT2D eigenvalue weighted by molar-refractivity contribution is 7.90. The van der Waals surface area contributed by atoms with E-state index in [0.29, 0.717) is 10.6 Å². The van der Waals surface area contributed by atoms with E-state index in [1.807, 2.05) is 0 Å². The Hall–Kier alpha value is -1.11. The monoisotopic (exact) mass is 277 g/mol. The largest absolute Gasteiger partial charge is 0.480 e. The lowest BCUT2D eigenvalue weighted by molar-refractivity contribution is -0.134. The van der Waals surface area contributed by atoms with Crippen molar-refractivity contribution in [2.75, 3.05) is 5.75 Å². The first-order chi connectivity index (χ1) is 7.80. The Morgan fingerprint density at radius 1 is 1.53 bits per heavy atom. The van der Waals surface area contributed by atoms with Gasteiger partial charge in [0.05, 0.1) is 0 Å². The van der Waals surface area contributed by atoms with Crippen LogP contribution in [0.4, 0.5) is 0 Å². The van der Waals surface area contributed by atoms with Crippen LogP contribution in [-0.4, -0.2) is 25.2 Å². The molecule has 0 aliphatic heterocycles. The minimum absolute atomic E-state index is 0.492. The SMILES string of the molecule is C[C@H](NS(=O)(=O)CC(=O)O)c1cccc(Cl)c1. The maximum absolute atomic E-state index is 11.4. The summed E-state index contributed by atoms with van der Waals surface area (Å²) in [5.74, 6) is -2.34. The second-order valence-corrected chi connectivity index (χ2v) is 5.74. The fourth-order valence-corrected chi connectivity index (χ4v) is 2.60. The molecule has 1 aromatic rings. The Morgan fingerprint density at radius 3 is 2.71 bits per heavy atom. The van der Waals surface area contributed by atoms with Crippen LogP contribution in [0.25, 0.3) is 0 Å². The Bertz CT molecular complexity index is 515. The molecule has 1 aromatic carbocycles. The van der Waals surface area contributed by atoms with Gasteiger partial charge in [0.1, 0.15) is 0 Å². The first-order valence-electron chi connectivity index (χ1n) is 4.77. The fourth-order valence-electron chi connectivity index (χ4n) is 1.32. The van der Waals surface area contributed by atoms with Crippen molar-refractivity contribution in [1.29, 1.82) is 0 Å². The third kappa shape index (κ3) is 4.72. The van der Waals surface area contributed by atoms with Crippen molar-refractivity contribution in [3.8, 4) is 0 Å². The van der Waals surface area contributed by atoms with Crippen LogP contribution in [-0.2, 0) is 14.8 Å². The zero-order valence-electron chi connectivity index (χ0n) is 9.05. The van der Waals surface area contributed by atoms with Crippen LogP contribution in [0.3, 0.4) is 0 Å². The molecule has 0 aromatic heterocycles.